The molecule has 0 amide bonds. The minimum atomic E-state index is -0.178. The molecule has 0 aromatic heterocycles. The van der Waals surface area contributed by atoms with E-state index in [2.05, 4.69) is 11.8 Å². The van der Waals surface area contributed by atoms with Crippen molar-refractivity contribution < 1.29 is 9.18 Å². The van der Waals surface area contributed by atoms with Gasteiger partial charge in [0.1, 0.15) is 11.6 Å². The van der Waals surface area contributed by atoms with Crippen molar-refractivity contribution in [2.45, 2.75) is 32.7 Å². The molecule has 3 heteroatoms. The van der Waals surface area contributed by atoms with Crippen LogP contribution in [0.1, 0.15) is 25.8 Å². The number of hydrogen-bond donors (Lipinski definition) is 0. The number of carbonyl (C=O) groups excluding carboxylic acids is 1. The third kappa shape index (κ3) is 2.96. The highest BCUT2D eigenvalue weighted by atomic mass is 19.1. The maximum atomic E-state index is 13.1. The highest BCUT2D eigenvalue weighted by Gasteiger charge is 2.30. The average Bonchev–Trinajstić information content (AvgIpc) is 2.35. The summed E-state index contributed by atoms with van der Waals surface area (Å²) in [5.74, 6) is 0.304. The number of piperidine rings is 1. The molecule has 1 heterocycles. The first-order valence-corrected chi connectivity index (χ1v) is 6.59. The molecule has 1 aromatic carbocycles. The van der Waals surface area contributed by atoms with Crippen LogP contribution in [0.25, 0.3) is 0 Å². The summed E-state index contributed by atoms with van der Waals surface area (Å²) >= 11 is 0. The number of carbonyl (C=O) groups is 1. The van der Waals surface area contributed by atoms with Gasteiger partial charge in [0.15, 0.2) is 0 Å². The van der Waals surface area contributed by atoms with E-state index in [0.717, 1.165) is 25.1 Å². The molecule has 98 valence electrons. The maximum absolute atomic E-state index is 13.1. The fourth-order valence-corrected chi connectivity index (χ4v) is 2.55. The number of halogens is 1. The van der Waals surface area contributed by atoms with Crippen molar-refractivity contribution >= 4 is 5.78 Å². The Morgan fingerprint density at radius 2 is 2.17 bits per heavy atom. The third-order valence-electron chi connectivity index (χ3n) is 4.03. The van der Waals surface area contributed by atoms with Gasteiger partial charge in [0.25, 0.3) is 0 Å². The SMILES string of the molecule is CC1C(=O)CCN(CCc2cccc(F)c2)C1C. The Labute approximate surface area is 108 Å². The number of rotatable bonds is 3. The van der Waals surface area contributed by atoms with Crippen LogP contribution in [0.4, 0.5) is 4.39 Å². The van der Waals surface area contributed by atoms with Crippen LogP contribution in [0, 0.1) is 11.7 Å². The van der Waals surface area contributed by atoms with Gasteiger partial charge in [0.05, 0.1) is 0 Å². The molecule has 0 radical (unpaired) electrons. The molecular formula is C15H20FNO. The molecule has 0 aliphatic carbocycles. The molecule has 0 spiro atoms. The van der Waals surface area contributed by atoms with E-state index in [9.17, 15) is 9.18 Å². The van der Waals surface area contributed by atoms with Crippen molar-refractivity contribution in [3.63, 3.8) is 0 Å². The van der Waals surface area contributed by atoms with Crippen molar-refractivity contribution in [1.29, 1.82) is 0 Å². The Morgan fingerprint density at radius 1 is 1.39 bits per heavy atom. The molecule has 1 aliphatic rings. The fraction of sp³-hybridized carbons (Fsp3) is 0.533. The molecule has 2 unspecified atom stereocenters. The van der Waals surface area contributed by atoms with E-state index >= 15 is 0 Å². The highest BCUT2D eigenvalue weighted by Crippen LogP contribution is 2.20. The number of nitrogens with zero attached hydrogens (tertiary/aromatic N) is 1. The van der Waals surface area contributed by atoms with Crippen molar-refractivity contribution in [2.24, 2.45) is 5.92 Å². The van der Waals surface area contributed by atoms with Gasteiger partial charge < -0.3 is 0 Å². The summed E-state index contributed by atoms with van der Waals surface area (Å²) in [6, 6.07) is 7.04. The van der Waals surface area contributed by atoms with E-state index < -0.39 is 0 Å². The lowest BCUT2D eigenvalue weighted by molar-refractivity contribution is -0.127. The maximum Gasteiger partial charge on any atom is 0.138 e. The first-order chi connectivity index (χ1) is 8.58. The molecule has 2 nitrogen and oxygen atoms in total. The lowest BCUT2D eigenvalue weighted by Crippen LogP contribution is -2.47. The van der Waals surface area contributed by atoms with Crippen LogP contribution in [0.15, 0.2) is 24.3 Å². The van der Waals surface area contributed by atoms with Gasteiger partial charge >= 0.3 is 0 Å². The zero-order valence-corrected chi connectivity index (χ0v) is 11.0. The van der Waals surface area contributed by atoms with Crippen LogP contribution in [0.2, 0.25) is 0 Å². The minimum Gasteiger partial charge on any atom is -0.299 e. The Balaban J connectivity index is 1.92. The fourth-order valence-electron chi connectivity index (χ4n) is 2.55. The lowest BCUT2D eigenvalue weighted by atomic mass is 9.90. The number of likely N-dealkylation sites (tertiary alicyclic amines) is 1. The smallest absolute Gasteiger partial charge is 0.138 e. The molecule has 1 fully saturated rings. The van der Waals surface area contributed by atoms with Gasteiger partial charge in [-0.05, 0) is 31.0 Å². The Morgan fingerprint density at radius 3 is 2.89 bits per heavy atom. The van der Waals surface area contributed by atoms with Crippen molar-refractivity contribution in [3.8, 4) is 0 Å². The second-order valence-corrected chi connectivity index (χ2v) is 5.16. The van der Waals surface area contributed by atoms with E-state index in [1.807, 2.05) is 13.0 Å². The summed E-state index contributed by atoms with van der Waals surface area (Å²) < 4.78 is 13.1. The summed E-state index contributed by atoms with van der Waals surface area (Å²) in [7, 11) is 0. The minimum absolute atomic E-state index is 0.117. The van der Waals surface area contributed by atoms with Crippen LogP contribution >= 0.6 is 0 Å². The number of ketones is 1. The van der Waals surface area contributed by atoms with E-state index in [1.165, 1.54) is 6.07 Å². The second-order valence-electron chi connectivity index (χ2n) is 5.16. The van der Waals surface area contributed by atoms with E-state index in [4.69, 9.17) is 0 Å². The van der Waals surface area contributed by atoms with Gasteiger partial charge in [-0.3, -0.25) is 9.69 Å². The number of hydrogen-bond acceptors (Lipinski definition) is 2. The molecule has 1 aliphatic heterocycles. The van der Waals surface area contributed by atoms with E-state index in [1.54, 1.807) is 12.1 Å². The van der Waals surface area contributed by atoms with Gasteiger partial charge in [-0.25, -0.2) is 4.39 Å². The second kappa shape index (κ2) is 5.61. The van der Waals surface area contributed by atoms with Gasteiger partial charge in [-0.1, -0.05) is 19.1 Å². The molecule has 18 heavy (non-hydrogen) atoms. The number of Topliss-reactive ketones (excluding diaryl/α,β-unsaturated/α-hetero) is 1. The summed E-state index contributed by atoms with van der Waals surface area (Å²) in [4.78, 5) is 13.9. The standard InChI is InChI=1S/C15H20FNO/c1-11-12(2)17(9-7-15(11)18)8-6-13-4-3-5-14(16)10-13/h3-5,10-12H,6-9H2,1-2H3. The predicted octanol–water partition coefficient (Wildman–Crippen LogP) is 2.67. The van der Waals surface area contributed by atoms with Crippen LogP contribution in [0.3, 0.4) is 0 Å². The van der Waals surface area contributed by atoms with E-state index in [0.29, 0.717) is 18.2 Å². The quantitative estimate of drug-likeness (QED) is 0.821. The first kappa shape index (κ1) is 13.2. The van der Waals surface area contributed by atoms with Gasteiger partial charge in [-0.15, -0.1) is 0 Å². The highest BCUT2D eigenvalue weighted by molar-refractivity contribution is 5.82. The molecule has 1 saturated heterocycles. The molecule has 2 rings (SSSR count). The van der Waals surface area contributed by atoms with Crippen molar-refractivity contribution in [1.82, 2.24) is 4.90 Å². The van der Waals surface area contributed by atoms with Gasteiger partial charge in [-0.2, -0.15) is 0 Å². The normalized spacial score (nSPS) is 25.4. The average molecular weight is 249 g/mol. The predicted molar refractivity (Wildman–Crippen MR) is 69.9 cm³/mol. The zero-order chi connectivity index (χ0) is 13.1. The van der Waals surface area contributed by atoms with Gasteiger partial charge in [0, 0.05) is 31.5 Å². The van der Waals surface area contributed by atoms with E-state index in [-0.39, 0.29) is 11.7 Å². The summed E-state index contributed by atoms with van der Waals surface area (Å²) in [6.45, 7) is 5.83. The first-order valence-electron chi connectivity index (χ1n) is 6.59. The molecule has 0 N–H and O–H groups in total. The van der Waals surface area contributed by atoms with Crippen molar-refractivity contribution in [3.05, 3.63) is 35.6 Å². The monoisotopic (exact) mass is 249 g/mol. The topological polar surface area (TPSA) is 20.3 Å². The molecule has 0 bridgehead atoms. The summed E-state index contributed by atoms with van der Waals surface area (Å²) in [6.07, 6.45) is 1.48. The third-order valence-corrected chi connectivity index (χ3v) is 4.03. The lowest BCUT2D eigenvalue weighted by Gasteiger charge is -2.36. The molecule has 0 saturated carbocycles. The van der Waals surface area contributed by atoms with Crippen LogP contribution in [0.5, 0.6) is 0 Å². The molecule has 1 aromatic rings. The largest absolute Gasteiger partial charge is 0.299 e. The summed E-state index contributed by atoms with van der Waals surface area (Å²) in [5.41, 5.74) is 1.02. The zero-order valence-electron chi connectivity index (χ0n) is 11.0. The molecular weight excluding hydrogens is 229 g/mol. The molecule has 2 atom stereocenters. The Kier molecular flexibility index (Phi) is 4.12. The van der Waals surface area contributed by atoms with Crippen LogP contribution < -0.4 is 0 Å². The Hall–Kier alpha value is -1.22. The van der Waals surface area contributed by atoms with Crippen molar-refractivity contribution in [2.75, 3.05) is 13.1 Å². The van der Waals surface area contributed by atoms with Gasteiger partial charge in [0.2, 0.25) is 0 Å². The number of benzene rings is 1. The summed E-state index contributed by atoms with van der Waals surface area (Å²) in [5, 5.41) is 0. The Bertz CT molecular complexity index is 432. The van der Waals surface area contributed by atoms with Crippen LogP contribution in [-0.2, 0) is 11.2 Å². The van der Waals surface area contributed by atoms with Crippen LogP contribution in [-0.4, -0.2) is 29.8 Å².